The summed E-state index contributed by atoms with van der Waals surface area (Å²) in [5.41, 5.74) is 4.26. The van der Waals surface area contributed by atoms with Crippen molar-refractivity contribution in [3.63, 3.8) is 0 Å². The van der Waals surface area contributed by atoms with E-state index in [1.165, 1.54) is 16.9 Å². The molecule has 0 atom stereocenters. The molecule has 1 aromatic heterocycles. The summed E-state index contributed by atoms with van der Waals surface area (Å²) >= 11 is 1.46. The average Bonchev–Trinajstić information content (AvgIpc) is 3.47. The summed E-state index contributed by atoms with van der Waals surface area (Å²) in [6, 6.07) is 13.2. The largest absolute Gasteiger partial charge is 0.306 e. The lowest BCUT2D eigenvalue weighted by Gasteiger charge is -2.26. The van der Waals surface area contributed by atoms with Crippen LogP contribution in [0.4, 0.5) is 5.69 Å². The Morgan fingerprint density at radius 3 is 2.50 bits per heavy atom. The fraction of sp³-hybridized carbons (Fsp3) is 0.333. The van der Waals surface area contributed by atoms with Gasteiger partial charge in [0.05, 0.1) is 4.90 Å². The molecule has 6 nitrogen and oxygen atoms in total. The minimum atomic E-state index is -3.48. The van der Waals surface area contributed by atoms with Crippen molar-refractivity contribution in [3.05, 3.63) is 64.7 Å². The first-order valence-electron chi connectivity index (χ1n) is 10.9. The van der Waals surface area contributed by atoms with E-state index in [0.717, 1.165) is 41.1 Å². The molecule has 2 aliphatic heterocycles. The number of thiazole rings is 1. The zero-order valence-corrected chi connectivity index (χ0v) is 19.6. The summed E-state index contributed by atoms with van der Waals surface area (Å²) in [4.78, 5) is 19.8. The Morgan fingerprint density at radius 1 is 1.00 bits per heavy atom. The minimum absolute atomic E-state index is 0.148. The van der Waals surface area contributed by atoms with Crippen molar-refractivity contribution in [2.24, 2.45) is 0 Å². The van der Waals surface area contributed by atoms with Crippen LogP contribution >= 0.6 is 11.3 Å². The molecule has 5 rings (SSSR count). The number of anilines is 1. The van der Waals surface area contributed by atoms with Crippen LogP contribution in [-0.4, -0.2) is 43.2 Å². The van der Waals surface area contributed by atoms with Gasteiger partial charge in [0.15, 0.2) is 0 Å². The van der Waals surface area contributed by atoms with Gasteiger partial charge in [-0.1, -0.05) is 36.2 Å². The maximum Gasteiger partial charge on any atom is 0.277 e. The predicted molar refractivity (Wildman–Crippen MR) is 127 cm³/mol. The zero-order valence-electron chi connectivity index (χ0n) is 18.0. The lowest BCUT2D eigenvalue weighted by molar-refractivity contribution is 0.0985. The molecule has 8 heteroatoms. The third-order valence-corrected chi connectivity index (χ3v) is 8.95. The van der Waals surface area contributed by atoms with E-state index in [1.807, 2.05) is 31.2 Å². The Bertz CT molecular complexity index is 1260. The van der Waals surface area contributed by atoms with Gasteiger partial charge in [-0.15, -0.1) is 11.3 Å². The second kappa shape index (κ2) is 8.42. The Hall–Kier alpha value is -2.55. The van der Waals surface area contributed by atoms with Crippen LogP contribution in [0, 0.1) is 6.92 Å². The molecule has 0 N–H and O–H groups in total. The van der Waals surface area contributed by atoms with E-state index < -0.39 is 10.0 Å². The summed E-state index contributed by atoms with van der Waals surface area (Å²) in [7, 11) is -3.48. The number of rotatable bonds is 4. The second-order valence-electron chi connectivity index (χ2n) is 8.37. The molecule has 0 radical (unpaired) electrons. The highest BCUT2D eigenvalue weighted by molar-refractivity contribution is 7.89. The molecule has 1 fully saturated rings. The van der Waals surface area contributed by atoms with Crippen molar-refractivity contribution in [1.82, 2.24) is 9.29 Å². The lowest BCUT2D eigenvalue weighted by atomic mass is 10.2. The summed E-state index contributed by atoms with van der Waals surface area (Å²) in [6.45, 7) is 3.72. The van der Waals surface area contributed by atoms with Gasteiger partial charge in [-0.3, -0.25) is 4.79 Å². The van der Waals surface area contributed by atoms with E-state index in [0.29, 0.717) is 36.6 Å². The first-order chi connectivity index (χ1) is 15.4. The average molecular weight is 468 g/mol. The number of carbonyl (C=O) groups excluding carboxylic acids is 1. The lowest BCUT2D eigenvalue weighted by Crippen LogP contribution is -2.35. The number of hydrogen-bond donors (Lipinski definition) is 0. The zero-order chi connectivity index (χ0) is 22.3. The highest BCUT2D eigenvalue weighted by Crippen LogP contribution is 2.33. The highest BCUT2D eigenvalue weighted by atomic mass is 32.2. The highest BCUT2D eigenvalue weighted by Gasteiger charge is 2.31. The first-order valence-corrected chi connectivity index (χ1v) is 13.2. The minimum Gasteiger partial charge on any atom is -0.306 e. The maximum atomic E-state index is 13.2. The van der Waals surface area contributed by atoms with Gasteiger partial charge < -0.3 is 4.90 Å². The fourth-order valence-electron chi connectivity index (χ4n) is 4.34. The van der Waals surface area contributed by atoms with E-state index in [4.69, 9.17) is 0 Å². The number of aromatic nitrogens is 1. The van der Waals surface area contributed by atoms with Crippen LogP contribution in [0.25, 0.3) is 10.6 Å². The van der Waals surface area contributed by atoms with Crippen molar-refractivity contribution < 1.29 is 13.2 Å². The summed E-state index contributed by atoms with van der Waals surface area (Å²) in [6.07, 6.45) is 3.53. The molecule has 0 saturated carbocycles. The molecular weight excluding hydrogens is 442 g/mol. The molecule has 0 unspecified atom stereocenters. The Morgan fingerprint density at radius 2 is 1.75 bits per heavy atom. The maximum absolute atomic E-state index is 13.2. The number of carbonyl (C=O) groups is 1. The van der Waals surface area contributed by atoms with E-state index >= 15 is 0 Å². The van der Waals surface area contributed by atoms with Crippen LogP contribution in [0.15, 0.2) is 52.7 Å². The molecule has 1 saturated heterocycles. The number of piperidine rings is 1. The van der Waals surface area contributed by atoms with Gasteiger partial charge in [-0.25, -0.2) is 13.4 Å². The normalized spacial score (nSPS) is 16.8. The van der Waals surface area contributed by atoms with Crippen molar-refractivity contribution in [1.29, 1.82) is 0 Å². The molecule has 32 heavy (non-hydrogen) atoms. The number of hydrogen-bond acceptors (Lipinski definition) is 5. The Labute approximate surface area is 192 Å². The van der Waals surface area contributed by atoms with Crippen molar-refractivity contribution in [3.8, 4) is 10.6 Å². The molecule has 2 aliphatic rings. The number of amides is 1. The number of fused-ring (bicyclic) bond motifs is 1. The van der Waals surface area contributed by atoms with Gasteiger partial charge in [0.1, 0.15) is 10.7 Å². The summed E-state index contributed by atoms with van der Waals surface area (Å²) in [5.74, 6) is -0.148. The first kappa shape index (κ1) is 21.3. The summed E-state index contributed by atoms with van der Waals surface area (Å²) < 4.78 is 27.6. The SMILES string of the molecule is Cc1ccc(-c2nc(C(=O)N3CCc4cc(S(=O)(=O)N5CCCCC5)ccc43)cs2)cc1. The smallest absolute Gasteiger partial charge is 0.277 e. The van der Waals surface area contributed by atoms with Gasteiger partial charge in [0.25, 0.3) is 5.91 Å². The van der Waals surface area contributed by atoms with Crippen LogP contribution in [0.3, 0.4) is 0 Å². The molecule has 3 heterocycles. The van der Waals surface area contributed by atoms with Gasteiger partial charge in [-0.2, -0.15) is 4.31 Å². The van der Waals surface area contributed by atoms with Crippen LogP contribution in [0.1, 0.15) is 40.9 Å². The molecule has 2 aromatic carbocycles. The Balaban J connectivity index is 1.38. The van der Waals surface area contributed by atoms with E-state index in [2.05, 4.69) is 4.98 Å². The molecule has 0 bridgehead atoms. The van der Waals surface area contributed by atoms with Crippen LogP contribution in [0.5, 0.6) is 0 Å². The molecule has 0 aliphatic carbocycles. The van der Waals surface area contributed by atoms with Crippen LogP contribution < -0.4 is 4.90 Å². The van der Waals surface area contributed by atoms with Crippen molar-refractivity contribution >= 4 is 33.0 Å². The van der Waals surface area contributed by atoms with Gasteiger partial charge in [-0.05, 0) is 49.9 Å². The van der Waals surface area contributed by atoms with Gasteiger partial charge in [0.2, 0.25) is 10.0 Å². The van der Waals surface area contributed by atoms with Crippen molar-refractivity contribution in [2.75, 3.05) is 24.5 Å². The monoisotopic (exact) mass is 467 g/mol. The van der Waals surface area contributed by atoms with E-state index in [1.54, 1.807) is 32.8 Å². The summed E-state index contributed by atoms with van der Waals surface area (Å²) in [5, 5.41) is 2.61. The van der Waals surface area contributed by atoms with E-state index in [9.17, 15) is 13.2 Å². The number of nitrogens with zero attached hydrogens (tertiary/aromatic N) is 3. The fourth-order valence-corrected chi connectivity index (χ4v) is 6.71. The molecule has 166 valence electrons. The predicted octanol–water partition coefficient (Wildman–Crippen LogP) is 4.50. The third-order valence-electron chi connectivity index (χ3n) is 6.17. The molecule has 1 amide bonds. The number of aryl methyl sites for hydroxylation is 1. The topological polar surface area (TPSA) is 70.6 Å². The van der Waals surface area contributed by atoms with Gasteiger partial charge >= 0.3 is 0 Å². The van der Waals surface area contributed by atoms with E-state index in [-0.39, 0.29) is 5.91 Å². The molecule has 3 aromatic rings. The second-order valence-corrected chi connectivity index (χ2v) is 11.2. The molecule has 0 spiro atoms. The quantitative estimate of drug-likeness (QED) is 0.567. The number of benzene rings is 2. The van der Waals surface area contributed by atoms with Gasteiger partial charge in [0, 0.05) is 36.3 Å². The third kappa shape index (κ3) is 3.87. The standard InChI is InChI=1S/C24H25N3O3S2/c1-17-5-7-18(8-6-17)23-25-21(16-31-23)24(28)27-14-11-19-15-20(9-10-22(19)27)32(29,30)26-12-3-2-4-13-26/h5-10,15-16H,2-4,11-14H2,1H3. The molecular formula is C24H25N3O3S2. The Kier molecular flexibility index (Phi) is 5.61. The van der Waals surface area contributed by atoms with Crippen LogP contribution in [-0.2, 0) is 16.4 Å². The number of sulfonamides is 1. The van der Waals surface area contributed by atoms with Crippen LogP contribution in [0.2, 0.25) is 0 Å². The van der Waals surface area contributed by atoms with Crippen molar-refractivity contribution in [2.45, 2.75) is 37.5 Å².